The van der Waals surface area contributed by atoms with Crippen LogP contribution in [0.3, 0.4) is 0 Å². The number of rotatable bonds is 5. The summed E-state index contributed by atoms with van der Waals surface area (Å²) < 4.78 is 0. The molecule has 0 spiro atoms. The molecule has 1 aliphatic carbocycles. The molecule has 1 aliphatic rings. The summed E-state index contributed by atoms with van der Waals surface area (Å²) in [5.41, 5.74) is 4.46. The highest BCUT2D eigenvalue weighted by molar-refractivity contribution is 9.08. The molecule has 0 saturated heterocycles. The smallest absolute Gasteiger partial charge is 0.0394 e. The van der Waals surface area contributed by atoms with Crippen molar-refractivity contribution in [3.8, 4) is 0 Å². The second kappa shape index (κ2) is 5.84. The van der Waals surface area contributed by atoms with Gasteiger partial charge < -0.3 is 9.80 Å². The van der Waals surface area contributed by atoms with Crippen LogP contribution in [0.1, 0.15) is 30.4 Å². The van der Waals surface area contributed by atoms with Crippen molar-refractivity contribution in [1.29, 1.82) is 0 Å². The Morgan fingerprint density at radius 2 is 1.89 bits per heavy atom. The third-order valence-corrected chi connectivity index (χ3v) is 5.24. The number of anilines is 1. The predicted octanol–water partition coefficient (Wildman–Crippen LogP) is 3.81. The molecule has 2 nitrogen and oxygen atoms in total. The van der Waals surface area contributed by atoms with Gasteiger partial charge in [0.1, 0.15) is 0 Å². The topological polar surface area (TPSA) is 6.48 Å². The summed E-state index contributed by atoms with van der Waals surface area (Å²) in [6.07, 6.45) is 4.01. The molecule has 0 amide bonds. The van der Waals surface area contributed by atoms with Gasteiger partial charge >= 0.3 is 0 Å². The Morgan fingerprint density at radius 3 is 2.32 bits per heavy atom. The fraction of sp³-hybridized carbons (Fsp3) is 0.625. The molecule has 0 radical (unpaired) electrons. The van der Waals surface area contributed by atoms with Gasteiger partial charge in [0, 0.05) is 30.1 Å². The fourth-order valence-electron chi connectivity index (χ4n) is 3.09. The van der Waals surface area contributed by atoms with Crippen LogP contribution in [0.5, 0.6) is 0 Å². The molecule has 1 aromatic carbocycles. The van der Waals surface area contributed by atoms with E-state index >= 15 is 0 Å². The number of aryl methyl sites for hydroxylation is 1. The zero-order chi connectivity index (χ0) is 14.0. The average Bonchev–Trinajstić information content (AvgIpc) is 2.32. The molecular weight excluding hydrogens is 300 g/mol. The largest absolute Gasteiger partial charge is 0.373 e. The monoisotopic (exact) mass is 324 g/mol. The summed E-state index contributed by atoms with van der Waals surface area (Å²) >= 11 is 3.52. The van der Waals surface area contributed by atoms with Gasteiger partial charge in [0.05, 0.1) is 0 Å². The van der Waals surface area contributed by atoms with Gasteiger partial charge in [-0.1, -0.05) is 28.1 Å². The van der Waals surface area contributed by atoms with Gasteiger partial charge in [-0.15, -0.1) is 0 Å². The van der Waals surface area contributed by atoms with Gasteiger partial charge in [-0.3, -0.25) is 0 Å². The van der Waals surface area contributed by atoms with Crippen LogP contribution in [0.2, 0.25) is 0 Å². The molecular formula is C16H25BrN2. The zero-order valence-electron chi connectivity index (χ0n) is 12.5. The summed E-state index contributed by atoms with van der Waals surface area (Å²) in [5.74, 6) is 0. The minimum atomic E-state index is 0.384. The highest BCUT2D eigenvalue weighted by atomic mass is 79.9. The maximum atomic E-state index is 3.52. The lowest BCUT2D eigenvalue weighted by Gasteiger charge is -2.49. The molecule has 1 fully saturated rings. The third kappa shape index (κ3) is 2.97. The van der Waals surface area contributed by atoms with Gasteiger partial charge in [-0.05, 0) is 57.5 Å². The fourth-order valence-corrected chi connectivity index (χ4v) is 3.44. The van der Waals surface area contributed by atoms with Crippen LogP contribution >= 0.6 is 15.9 Å². The molecule has 3 heteroatoms. The lowest BCUT2D eigenvalue weighted by Crippen LogP contribution is -2.56. The van der Waals surface area contributed by atoms with E-state index in [-0.39, 0.29) is 0 Å². The molecule has 0 bridgehead atoms. The van der Waals surface area contributed by atoms with Crippen LogP contribution in [0.15, 0.2) is 18.2 Å². The van der Waals surface area contributed by atoms with E-state index in [0.29, 0.717) is 5.54 Å². The van der Waals surface area contributed by atoms with Crippen molar-refractivity contribution in [3.05, 3.63) is 29.3 Å². The first-order valence-corrected chi connectivity index (χ1v) is 8.15. The van der Waals surface area contributed by atoms with Crippen LogP contribution in [0.25, 0.3) is 0 Å². The van der Waals surface area contributed by atoms with Gasteiger partial charge in [-0.25, -0.2) is 0 Å². The number of halogens is 1. The molecule has 0 N–H and O–H groups in total. The summed E-state index contributed by atoms with van der Waals surface area (Å²) in [6.45, 7) is 3.33. The number of alkyl halides is 1. The second-order valence-corrected chi connectivity index (χ2v) is 6.64. The van der Waals surface area contributed by atoms with Gasteiger partial charge in [-0.2, -0.15) is 0 Å². The maximum absolute atomic E-state index is 3.52. The lowest BCUT2D eigenvalue weighted by atomic mass is 9.75. The van der Waals surface area contributed by atoms with E-state index in [1.807, 2.05) is 0 Å². The predicted molar refractivity (Wildman–Crippen MR) is 87.3 cm³/mol. The highest BCUT2D eigenvalue weighted by Gasteiger charge is 2.40. The Hall–Kier alpha value is -0.540. The first kappa shape index (κ1) is 14.9. The second-order valence-electron chi connectivity index (χ2n) is 6.08. The van der Waals surface area contributed by atoms with Crippen molar-refractivity contribution >= 4 is 21.6 Å². The van der Waals surface area contributed by atoms with E-state index in [1.165, 1.54) is 36.1 Å². The first-order valence-electron chi connectivity index (χ1n) is 7.02. The van der Waals surface area contributed by atoms with Crippen LogP contribution < -0.4 is 4.90 Å². The van der Waals surface area contributed by atoms with Crippen LogP contribution in [-0.4, -0.2) is 38.1 Å². The molecule has 1 aromatic rings. The molecule has 19 heavy (non-hydrogen) atoms. The Morgan fingerprint density at radius 1 is 1.21 bits per heavy atom. The van der Waals surface area contributed by atoms with E-state index in [2.05, 4.69) is 72.0 Å². The van der Waals surface area contributed by atoms with Crippen molar-refractivity contribution in [2.75, 3.05) is 32.6 Å². The maximum Gasteiger partial charge on any atom is 0.0394 e. The van der Waals surface area contributed by atoms with Gasteiger partial charge in [0.2, 0.25) is 0 Å². The van der Waals surface area contributed by atoms with E-state index in [4.69, 9.17) is 0 Å². The zero-order valence-corrected chi connectivity index (χ0v) is 14.1. The van der Waals surface area contributed by atoms with E-state index in [1.54, 1.807) is 0 Å². The molecule has 2 rings (SSSR count). The summed E-state index contributed by atoms with van der Waals surface area (Å²) in [7, 11) is 6.65. The Labute approximate surface area is 125 Å². The normalized spacial score (nSPS) is 17.4. The standard InChI is InChI=1S/C16H25BrN2/c1-13-10-14(11-17)6-7-15(13)19(4)12-16(18(2)3)8-5-9-16/h6-7,10H,5,8-9,11-12H2,1-4H3. The summed E-state index contributed by atoms with van der Waals surface area (Å²) in [5, 5.41) is 0.930. The average molecular weight is 325 g/mol. The van der Waals surface area contributed by atoms with E-state index in [0.717, 1.165) is 11.9 Å². The minimum absolute atomic E-state index is 0.384. The SMILES string of the molecule is Cc1cc(CBr)ccc1N(C)CC1(N(C)C)CCC1. The number of nitrogens with zero attached hydrogens (tertiary/aromatic N) is 2. The Balaban J connectivity index is 2.13. The Bertz CT molecular complexity index is 438. The molecule has 0 atom stereocenters. The number of benzene rings is 1. The molecule has 0 heterocycles. The van der Waals surface area contributed by atoms with E-state index in [9.17, 15) is 0 Å². The number of hydrogen-bond acceptors (Lipinski definition) is 2. The van der Waals surface area contributed by atoms with Crippen molar-refractivity contribution in [2.45, 2.75) is 37.1 Å². The number of likely N-dealkylation sites (N-methyl/N-ethyl adjacent to an activating group) is 2. The number of hydrogen-bond donors (Lipinski definition) is 0. The Kier molecular flexibility index (Phi) is 4.57. The molecule has 106 valence electrons. The van der Waals surface area contributed by atoms with Crippen LogP contribution in [-0.2, 0) is 5.33 Å². The highest BCUT2D eigenvalue weighted by Crippen LogP contribution is 2.37. The van der Waals surface area contributed by atoms with Crippen molar-refractivity contribution in [3.63, 3.8) is 0 Å². The molecule has 1 saturated carbocycles. The van der Waals surface area contributed by atoms with Crippen LogP contribution in [0.4, 0.5) is 5.69 Å². The molecule has 0 unspecified atom stereocenters. The van der Waals surface area contributed by atoms with Crippen LogP contribution in [0, 0.1) is 6.92 Å². The van der Waals surface area contributed by atoms with Gasteiger partial charge in [0.25, 0.3) is 0 Å². The first-order chi connectivity index (χ1) is 8.98. The van der Waals surface area contributed by atoms with E-state index < -0.39 is 0 Å². The minimum Gasteiger partial charge on any atom is -0.373 e. The van der Waals surface area contributed by atoms with Crippen molar-refractivity contribution in [2.24, 2.45) is 0 Å². The van der Waals surface area contributed by atoms with Gasteiger partial charge in [0.15, 0.2) is 0 Å². The molecule has 0 aromatic heterocycles. The molecule has 0 aliphatic heterocycles. The third-order valence-electron chi connectivity index (χ3n) is 4.59. The summed E-state index contributed by atoms with van der Waals surface area (Å²) in [4.78, 5) is 4.84. The van der Waals surface area contributed by atoms with Crippen molar-refractivity contribution < 1.29 is 0 Å². The lowest BCUT2D eigenvalue weighted by molar-refractivity contribution is 0.0683. The quantitative estimate of drug-likeness (QED) is 0.760. The summed E-state index contributed by atoms with van der Waals surface area (Å²) in [6, 6.07) is 6.76. The van der Waals surface area contributed by atoms with Crippen molar-refractivity contribution in [1.82, 2.24) is 4.90 Å².